The molecular weight excluding hydrogens is 533 g/mol. The number of rotatable bonds is 5. The fourth-order valence-corrected chi connectivity index (χ4v) is 5.31. The minimum atomic E-state index is -4.92. The standard InChI is InChI=1S/C29H32F5N3O3/c1-17(2)40-27(39)36-12-5-6-18(16-36)22-15-20(8-10-24(22)31)37-13-11-35-26(28(37,3)4)25(38)21-9-7-19(30)14-23(21)29(32,33)34/h6-10,14-15,17,26,35H,5,11-13,16H2,1-4H3. The molecule has 2 aromatic carbocycles. The molecule has 0 spiro atoms. The number of ether oxygens (including phenoxy) is 1. The lowest BCUT2D eigenvalue weighted by Gasteiger charge is -2.49. The molecule has 1 amide bonds. The number of alkyl halides is 3. The topological polar surface area (TPSA) is 61.9 Å². The third-order valence-electron chi connectivity index (χ3n) is 7.25. The van der Waals surface area contributed by atoms with Gasteiger partial charge in [-0.3, -0.25) is 4.79 Å². The Morgan fingerprint density at radius 2 is 1.80 bits per heavy atom. The summed E-state index contributed by atoms with van der Waals surface area (Å²) in [6.07, 6.45) is -3.32. The number of nitrogens with one attached hydrogen (secondary N) is 1. The highest BCUT2D eigenvalue weighted by Gasteiger charge is 2.45. The number of Topliss-reactive ketones (excluding diaryl/α,β-unsaturated/α-hetero) is 1. The van der Waals surface area contributed by atoms with Crippen LogP contribution >= 0.6 is 0 Å². The van der Waals surface area contributed by atoms with Crippen LogP contribution in [-0.2, 0) is 10.9 Å². The van der Waals surface area contributed by atoms with Crippen LogP contribution < -0.4 is 10.2 Å². The average molecular weight is 566 g/mol. The number of ketones is 1. The van der Waals surface area contributed by atoms with Crippen LogP contribution in [0.15, 0.2) is 42.5 Å². The Balaban J connectivity index is 1.64. The summed E-state index contributed by atoms with van der Waals surface area (Å²) in [6, 6.07) is 5.43. The van der Waals surface area contributed by atoms with Gasteiger partial charge in [0.05, 0.1) is 23.2 Å². The van der Waals surface area contributed by atoms with Gasteiger partial charge in [0.25, 0.3) is 0 Å². The molecule has 1 N–H and O–H groups in total. The second kappa shape index (κ2) is 11.2. The normalized spacial score (nSPS) is 19.4. The van der Waals surface area contributed by atoms with E-state index in [2.05, 4.69) is 5.32 Å². The molecule has 40 heavy (non-hydrogen) atoms. The van der Waals surface area contributed by atoms with Crippen molar-refractivity contribution in [3.05, 3.63) is 70.8 Å². The first-order valence-electron chi connectivity index (χ1n) is 13.1. The summed E-state index contributed by atoms with van der Waals surface area (Å²) >= 11 is 0. The average Bonchev–Trinajstić information content (AvgIpc) is 2.87. The smallest absolute Gasteiger partial charge is 0.417 e. The minimum absolute atomic E-state index is 0.156. The van der Waals surface area contributed by atoms with E-state index < -0.39 is 52.4 Å². The molecule has 1 fully saturated rings. The minimum Gasteiger partial charge on any atom is -0.447 e. The number of carbonyl (C=O) groups is 2. The molecule has 1 unspecified atom stereocenters. The third-order valence-corrected chi connectivity index (χ3v) is 7.25. The van der Waals surface area contributed by atoms with Crippen LogP contribution in [-0.4, -0.2) is 60.6 Å². The quantitative estimate of drug-likeness (QED) is 0.353. The molecule has 2 aliphatic rings. The first-order chi connectivity index (χ1) is 18.7. The lowest BCUT2D eigenvalue weighted by Crippen LogP contribution is -2.67. The summed E-state index contributed by atoms with van der Waals surface area (Å²) in [5.74, 6) is -2.40. The SMILES string of the molecule is CC(C)OC(=O)N1CCC=C(c2cc(N3CCNC(C(=O)c4ccc(F)cc4C(F)(F)F)C3(C)C)ccc2F)C1. The summed E-state index contributed by atoms with van der Waals surface area (Å²) in [6.45, 7) is 8.17. The summed E-state index contributed by atoms with van der Waals surface area (Å²) in [5.41, 5.74) is -1.54. The molecular formula is C29H32F5N3O3. The lowest BCUT2D eigenvalue weighted by atomic mass is 9.83. The predicted octanol–water partition coefficient (Wildman–Crippen LogP) is 6.06. The van der Waals surface area contributed by atoms with Crippen LogP contribution in [0.3, 0.4) is 0 Å². The number of piperazine rings is 1. The van der Waals surface area contributed by atoms with E-state index in [-0.39, 0.29) is 24.8 Å². The summed E-state index contributed by atoms with van der Waals surface area (Å²) in [4.78, 5) is 29.3. The molecule has 0 radical (unpaired) electrons. The summed E-state index contributed by atoms with van der Waals surface area (Å²) in [7, 11) is 0. The van der Waals surface area contributed by atoms with Crippen LogP contribution in [0.2, 0.25) is 0 Å². The molecule has 1 saturated heterocycles. The summed E-state index contributed by atoms with van der Waals surface area (Å²) in [5, 5.41) is 3.03. The monoisotopic (exact) mass is 565 g/mol. The van der Waals surface area contributed by atoms with Gasteiger partial charge in [-0.1, -0.05) is 6.08 Å². The van der Waals surface area contributed by atoms with Crippen molar-refractivity contribution in [2.45, 2.75) is 58.0 Å². The van der Waals surface area contributed by atoms with Crippen molar-refractivity contribution in [1.29, 1.82) is 0 Å². The number of carbonyl (C=O) groups excluding carboxylic acids is 2. The van der Waals surface area contributed by atoms with Gasteiger partial charge in [0.15, 0.2) is 5.78 Å². The van der Waals surface area contributed by atoms with Crippen molar-refractivity contribution in [3.8, 4) is 0 Å². The van der Waals surface area contributed by atoms with E-state index in [1.807, 2.05) is 11.0 Å². The molecule has 216 valence electrons. The molecule has 2 aromatic rings. The molecule has 2 heterocycles. The van der Waals surface area contributed by atoms with E-state index in [4.69, 9.17) is 4.74 Å². The lowest BCUT2D eigenvalue weighted by molar-refractivity contribution is -0.138. The predicted molar refractivity (Wildman–Crippen MR) is 141 cm³/mol. The van der Waals surface area contributed by atoms with Crippen LogP contribution in [0.25, 0.3) is 5.57 Å². The molecule has 2 aliphatic heterocycles. The summed E-state index contributed by atoms with van der Waals surface area (Å²) < 4.78 is 75.0. The Morgan fingerprint density at radius 1 is 1.07 bits per heavy atom. The zero-order chi connectivity index (χ0) is 29.4. The highest BCUT2D eigenvalue weighted by molar-refractivity contribution is 6.03. The number of benzene rings is 2. The number of anilines is 1. The highest BCUT2D eigenvalue weighted by atomic mass is 19.4. The first-order valence-corrected chi connectivity index (χ1v) is 13.1. The van der Waals surface area contributed by atoms with E-state index in [1.165, 1.54) is 11.0 Å². The Hall–Kier alpha value is -3.47. The van der Waals surface area contributed by atoms with Gasteiger partial charge in [0.1, 0.15) is 11.6 Å². The molecule has 0 bridgehead atoms. The maximum absolute atomic E-state index is 15.1. The molecule has 0 aromatic heterocycles. The fraction of sp³-hybridized carbons (Fsp3) is 0.448. The molecule has 0 aliphatic carbocycles. The van der Waals surface area contributed by atoms with Gasteiger partial charge < -0.3 is 19.9 Å². The van der Waals surface area contributed by atoms with Crippen molar-refractivity contribution in [2.75, 3.05) is 31.1 Å². The van der Waals surface area contributed by atoms with Gasteiger partial charge in [0, 0.05) is 43.0 Å². The molecule has 6 nitrogen and oxygen atoms in total. The van der Waals surface area contributed by atoms with Gasteiger partial charge >= 0.3 is 12.3 Å². The van der Waals surface area contributed by atoms with Gasteiger partial charge in [-0.2, -0.15) is 13.2 Å². The maximum Gasteiger partial charge on any atom is 0.417 e. The molecule has 4 rings (SSSR count). The number of nitrogens with zero attached hydrogens (tertiary/aromatic N) is 2. The first kappa shape index (κ1) is 29.5. The van der Waals surface area contributed by atoms with Crippen LogP contribution in [0.1, 0.15) is 55.6 Å². The van der Waals surface area contributed by atoms with Gasteiger partial charge in [-0.15, -0.1) is 0 Å². The molecule has 1 atom stereocenters. The number of amides is 1. The van der Waals surface area contributed by atoms with Crippen molar-refractivity contribution in [1.82, 2.24) is 10.2 Å². The van der Waals surface area contributed by atoms with Crippen molar-refractivity contribution >= 4 is 23.1 Å². The Labute approximate surface area is 229 Å². The number of halogens is 5. The largest absolute Gasteiger partial charge is 0.447 e. The number of hydrogen-bond donors (Lipinski definition) is 1. The highest BCUT2D eigenvalue weighted by Crippen LogP contribution is 2.37. The second-order valence-electron chi connectivity index (χ2n) is 10.8. The van der Waals surface area contributed by atoms with Crippen molar-refractivity contribution < 1.29 is 36.3 Å². The fourth-order valence-electron chi connectivity index (χ4n) is 5.31. The van der Waals surface area contributed by atoms with E-state index in [1.54, 1.807) is 39.8 Å². The van der Waals surface area contributed by atoms with Gasteiger partial charge in [-0.25, -0.2) is 13.6 Å². The van der Waals surface area contributed by atoms with E-state index in [0.717, 1.165) is 12.1 Å². The Kier molecular flexibility index (Phi) is 8.26. The van der Waals surface area contributed by atoms with E-state index >= 15 is 4.39 Å². The Morgan fingerprint density at radius 3 is 2.48 bits per heavy atom. The van der Waals surface area contributed by atoms with Crippen molar-refractivity contribution in [2.24, 2.45) is 0 Å². The van der Waals surface area contributed by atoms with E-state index in [9.17, 15) is 27.2 Å². The molecule has 11 heteroatoms. The van der Waals surface area contributed by atoms with Crippen LogP contribution in [0, 0.1) is 11.6 Å². The third kappa shape index (κ3) is 5.99. The van der Waals surface area contributed by atoms with Crippen LogP contribution in [0.4, 0.5) is 32.4 Å². The Bertz CT molecular complexity index is 1320. The number of hydrogen-bond acceptors (Lipinski definition) is 5. The van der Waals surface area contributed by atoms with E-state index in [0.29, 0.717) is 36.8 Å². The zero-order valence-electron chi connectivity index (χ0n) is 22.7. The van der Waals surface area contributed by atoms with Crippen LogP contribution in [0.5, 0.6) is 0 Å². The maximum atomic E-state index is 15.1. The van der Waals surface area contributed by atoms with Gasteiger partial charge in [0.2, 0.25) is 0 Å². The van der Waals surface area contributed by atoms with Gasteiger partial charge in [-0.05, 0) is 76.1 Å². The van der Waals surface area contributed by atoms with Crippen molar-refractivity contribution in [3.63, 3.8) is 0 Å². The second-order valence-corrected chi connectivity index (χ2v) is 10.8. The zero-order valence-corrected chi connectivity index (χ0v) is 22.7. The molecule has 0 saturated carbocycles.